The van der Waals surface area contributed by atoms with Gasteiger partial charge in [0.2, 0.25) is 0 Å². The molecule has 3 heteroatoms. The predicted octanol–water partition coefficient (Wildman–Crippen LogP) is 5.59. The van der Waals surface area contributed by atoms with Crippen LogP contribution in [0.5, 0.6) is 0 Å². The Balaban J connectivity index is 2.11. The smallest absolute Gasteiger partial charge is 0.167 e. The van der Waals surface area contributed by atoms with Crippen molar-refractivity contribution in [3.05, 3.63) is 78.4 Å². The molecule has 0 unspecified atom stereocenters. The van der Waals surface area contributed by atoms with E-state index < -0.39 is 11.6 Å². The van der Waals surface area contributed by atoms with Crippen LogP contribution < -0.4 is 0 Å². The molecule has 21 heavy (non-hydrogen) atoms. The van der Waals surface area contributed by atoms with Gasteiger partial charge in [0.25, 0.3) is 0 Å². The Morgan fingerprint density at radius 2 is 1.05 bits per heavy atom. The molecule has 3 aromatic carbocycles. The Morgan fingerprint density at radius 1 is 0.571 bits per heavy atom. The van der Waals surface area contributed by atoms with Crippen molar-refractivity contribution < 1.29 is 8.78 Å². The van der Waals surface area contributed by atoms with E-state index in [4.69, 9.17) is 0 Å². The van der Waals surface area contributed by atoms with Crippen LogP contribution >= 0.6 is 12.6 Å². The number of rotatable bonds is 2. The van der Waals surface area contributed by atoms with Gasteiger partial charge < -0.3 is 0 Å². The molecule has 0 aliphatic rings. The van der Waals surface area contributed by atoms with Crippen LogP contribution in [0.25, 0.3) is 22.3 Å². The van der Waals surface area contributed by atoms with Crippen LogP contribution in [0.3, 0.4) is 0 Å². The highest BCUT2D eigenvalue weighted by Crippen LogP contribution is 2.31. The minimum atomic E-state index is -0.830. The summed E-state index contributed by atoms with van der Waals surface area (Å²) in [4.78, 5) is 0.778. The first kappa shape index (κ1) is 13.8. The molecular weight excluding hydrogens is 286 g/mol. The Hall–Kier alpha value is -2.13. The normalized spacial score (nSPS) is 10.6. The first-order valence-electron chi connectivity index (χ1n) is 6.49. The van der Waals surface area contributed by atoms with Crippen molar-refractivity contribution in [3.63, 3.8) is 0 Å². The van der Waals surface area contributed by atoms with Crippen LogP contribution in [0, 0.1) is 11.6 Å². The van der Waals surface area contributed by atoms with Gasteiger partial charge in [-0.1, -0.05) is 54.6 Å². The van der Waals surface area contributed by atoms with E-state index in [1.54, 1.807) is 60.7 Å². The number of thiol groups is 1. The molecule has 0 heterocycles. The number of hydrogen-bond acceptors (Lipinski definition) is 1. The van der Waals surface area contributed by atoms with Crippen molar-refractivity contribution in [2.24, 2.45) is 0 Å². The summed E-state index contributed by atoms with van der Waals surface area (Å²) in [5.41, 5.74) is 1.80. The van der Waals surface area contributed by atoms with Gasteiger partial charge in [-0.2, -0.15) is 0 Å². The van der Waals surface area contributed by atoms with E-state index in [0.29, 0.717) is 11.1 Å². The maximum atomic E-state index is 14.3. The molecule has 0 aliphatic carbocycles. The van der Waals surface area contributed by atoms with Crippen molar-refractivity contribution >= 4 is 12.6 Å². The molecule has 0 saturated heterocycles. The summed E-state index contributed by atoms with van der Waals surface area (Å²) < 4.78 is 28.7. The largest absolute Gasteiger partial charge is 0.203 e. The molecular formula is C18H12F2S. The lowest BCUT2D eigenvalue weighted by Crippen LogP contribution is -1.93. The van der Waals surface area contributed by atoms with E-state index in [-0.39, 0.29) is 11.1 Å². The zero-order chi connectivity index (χ0) is 14.8. The predicted molar refractivity (Wildman–Crippen MR) is 84.5 cm³/mol. The number of halogens is 2. The summed E-state index contributed by atoms with van der Waals surface area (Å²) in [6.07, 6.45) is 0. The van der Waals surface area contributed by atoms with Gasteiger partial charge in [0.15, 0.2) is 11.6 Å². The van der Waals surface area contributed by atoms with Crippen molar-refractivity contribution in [1.29, 1.82) is 0 Å². The van der Waals surface area contributed by atoms with E-state index in [2.05, 4.69) is 12.6 Å². The van der Waals surface area contributed by atoms with Gasteiger partial charge in [0, 0.05) is 16.0 Å². The molecule has 0 saturated carbocycles. The van der Waals surface area contributed by atoms with Gasteiger partial charge in [-0.25, -0.2) is 8.78 Å². The quantitative estimate of drug-likeness (QED) is 0.586. The SMILES string of the molecule is Fc1c(-c2ccccc2)ccc(-c2ccc(S)cc2)c1F. The summed E-state index contributed by atoms with van der Waals surface area (Å²) in [6.45, 7) is 0. The molecule has 0 nitrogen and oxygen atoms in total. The first-order valence-corrected chi connectivity index (χ1v) is 6.94. The molecule has 104 valence electrons. The van der Waals surface area contributed by atoms with Gasteiger partial charge in [0.05, 0.1) is 0 Å². The second-order valence-electron chi connectivity index (χ2n) is 4.70. The minimum absolute atomic E-state index is 0.250. The van der Waals surface area contributed by atoms with Crippen LogP contribution in [0.15, 0.2) is 71.6 Å². The van der Waals surface area contributed by atoms with Crippen LogP contribution in [0.4, 0.5) is 8.78 Å². The lowest BCUT2D eigenvalue weighted by molar-refractivity contribution is 0.514. The monoisotopic (exact) mass is 298 g/mol. The molecule has 3 aromatic rings. The molecule has 0 amide bonds. The highest BCUT2D eigenvalue weighted by Gasteiger charge is 2.15. The van der Waals surface area contributed by atoms with Crippen LogP contribution in [0.1, 0.15) is 0 Å². The average molecular weight is 298 g/mol. The molecule has 0 fully saturated rings. The second-order valence-corrected chi connectivity index (χ2v) is 5.22. The summed E-state index contributed by atoms with van der Waals surface area (Å²) in [7, 11) is 0. The molecule has 0 atom stereocenters. The fraction of sp³-hybridized carbons (Fsp3) is 0. The van der Waals surface area contributed by atoms with Gasteiger partial charge in [-0.3, -0.25) is 0 Å². The molecule has 0 spiro atoms. The minimum Gasteiger partial charge on any atom is -0.203 e. The maximum absolute atomic E-state index is 14.3. The van der Waals surface area contributed by atoms with Gasteiger partial charge in [-0.15, -0.1) is 12.6 Å². The third-order valence-electron chi connectivity index (χ3n) is 3.35. The van der Waals surface area contributed by atoms with E-state index in [9.17, 15) is 8.78 Å². The Morgan fingerprint density at radius 3 is 1.57 bits per heavy atom. The fourth-order valence-corrected chi connectivity index (χ4v) is 2.40. The third-order valence-corrected chi connectivity index (χ3v) is 3.64. The van der Waals surface area contributed by atoms with E-state index in [1.165, 1.54) is 0 Å². The average Bonchev–Trinajstić information content (AvgIpc) is 2.52. The zero-order valence-corrected chi connectivity index (χ0v) is 11.9. The van der Waals surface area contributed by atoms with E-state index in [1.807, 2.05) is 6.07 Å². The third kappa shape index (κ3) is 2.69. The van der Waals surface area contributed by atoms with Crippen molar-refractivity contribution in [3.8, 4) is 22.3 Å². The Labute approximate surface area is 127 Å². The van der Waals surface area contributed by atoms with Crippen molar-refractivity contribution in [1.82, 2.24) is 0 Å². The molecule has 0 N–H and O–H groups in total. The Bertz CT molecular complexity index is 765. The van der Waals surface area contributed by atoms with Crippen LogP contribution in [-0.4, -0.2) is 0 Å². The standard InChI is InChI=1S/C18H12F2S/c19-17-15(12-4-2-1-3-5-12)10-11-16(18(17)20)13-6-8-14(21)9-7-13/h1-11,21H. The van der Waals surface area contributed by atoms with Gasteiger partial charge in [0.1, 0.15) is 0 Å². The summed E-state index contributed by atoms with van der Waals surface area (Å²) in [5.74, 6) is -1.66. The zero-order valence-electron chi connectivity index (χ0n) is 11.1. The first-order chi connectivity index (χ1) is 10.2. The van der Waals surface area contributed by atoms with E-state index >= 15 is 0 Å². The highest BCUT2D eigenvalue weighted by molar-refractivity contribution is 7.80. The molecule has 0 aliphatic heterocycles. The van der Waals surface area contributed by atoms with Crippen molar-refractivity contribution in [2.45, 2.75) is 4.90 Å². The van der Waals surface area contributed by atoms with Crippen LogP contribution in [-0.2, 0) is 0 Å². The molecule has 0 bridgehead atoms. The molecule has 3 rings (SSSR count). The summed E-state index contributed by atoms with van der Waals surface area (Å²) in [6, 6.07) is 19.1. The molecule has 0 aromatic heterocycles. The summed E-state index contributed by atoms with van der Waals surface area (Å²) in [5, 5.41) is 0. The number of hydrogen-bond donors (Lipinski definition) is 1. The van der Waals surface area contributed by atoms with Crippen LogP contribution in [0.2, 0.25) is 0 Å². The maximum Gasteiger partial charge on any atom is 0.167 e. The second kappa shape index (κ2) is 5.70. The number of benzene rings is 3. The van der Waals surface area contributed by atoms with Gasteiger partial charge >= 0.3 is 0 Å². The van der Waals surface area contributed by atoms with Gasteiger partial charge in [-0.05, 0) is 23.3 Å². The van der Waals surface area contributed by atoms with Crippen molar-refractivity contribution in [2.75, 3.05) is 0 Å². The topological polar surface area (TPSA) is 0 Å². The highest BCUT2D eigenvalue weighted by atomic mass is 32.1. The summed E-state index contributed by atoms with van der Waals surface area (Å²) >= 11 is 4.19. The fourth-order valence-electron chi connectivity index (χ4n) is 2.25. The molecule has 0 radical (unpaired) electrons. The lowest BCUT2D eigenvalue weighted by Gasteiger charge is -2.09. The Kier molecular flexibility index (Phi) is 3.76. The lowest BCUT2D eigenvalue weighted by atomic mass is 9.99. The van der Waals surface area contributed by atoms with E-state index in [0.717, 1.165) is 4.90 Å².